The average molecular weight is 332 g/mol. The van der Waals surface area contributed by atoms with Gasteiger partial charge in [0.25, 0.3) is 0 Å². The van der Waals surface area contributed by atoms with E-state index in [2.05, 4.69) is 0 Å². The molecule has 0 unspecified atom stereocenters. The predicted molar refractivity (Wildman–Crippen MR) is 109 cm³/mol. The Kier molecular flexibility index (Phi) is 2.41. The number of fused-ring (bicyclic) bond motifs is 9. The van der Waals surface area contributed by atoms with Crippen LogP contribution in [0.2, 0.25) is 0 Å². The van der Waals surface area contributed by atoms with Gasteiger partial charge in [-0.05, 0) is 33.7 Å². The third kappa shape index (κ3) is 1.48. The Balaban J connectivity index is 2.08. The largest absolute Gasteiger partial charge is 0.289 e. The molecule has 0 N–H and O–H groups in total. The van der Waals surface area contributed by atoms with Crippen molar-refractivity contribution in [2.24, 2.45) is 0 Å². The van der Waals surface area contributed by atoms with Crippen molar-refractivity contribution in [2.45, 2.75) is 0 Å². The molecule has 26 heavy (non-hydrogen) atoms. The second-order valence-electron chi connectivity index (χ2n) is 6.82. The minimum Gasteiger partial charge on any atom is -0.289 e. The lowest BCUT2D eigenvalue weighted by Crippen LogP contribution is -1.94. The summed E-state index contributed by atoms with van der Waals surface area (Å²) in [6.07, 6.45) is 0. The lowest BCUT2D eigenvalue weighted by molar-refractivity contribution is 1.80. The van der Waals surface area contributed by atoms with E-state index in [1.165, 1.54) is 0 Å². The van der Waals surface area contributed by atoms with Gasteiger partial charge in [0.15, 0.2) is 10.9 Å². The molecule has 0 aliphatic rings. The summed E-state index contributed by atoms with van der Waals surface area (Å²) >= 11 is 0. The first-order valence-electron chi connectivity index (χ1n) is 8.63. The average Bonchev–Trinajstić information content (AvgIpc) is 3.15. The van der Waals surface area contributed by atoms with Crippen molar-refractivity contribution < 1.29 is 0 Å². The minimum atomic E-state index is 0.0627. The van der Waals surface area contributed by atoms with Crippen molar-refractivity contribution >= 4 is 53.9 Å². The first kappa shape index (κ1) is 13.7. The molecular formula is C24H12O2. The summed E-state index contributed by atoms with van der Waals surface area (Å²) in [4.78, 5) is 25.7. The van der Waals surface area contributed by atoms with Crippen LogP contribution in [0, 0.1) is 0 Å². The van der Waals surface area contributed by atoms with Crippen LogP contribution in [0.1, 0.15) is 0 Å². The molecule has 120 valence electrons. The standard InChI is InChI=1S/C24H12O2/c25-23-16-7-3-1-5-14(16)21-18(23)11-9-13-10-12-19-22(20(13)21)15-6-2-4-8-17(15)24(19)26/h1-12H. The smallest absolute Gasteiger partial charge is 0.194 e. The van der Waals surface area contributed by atoms with Gasteiger partial charge < -0.3 is 0 Å². The molecule has 0 aliphatic heterocycles. The van der Waals surface area contributed by atoms with Gasteiger partial charge in [0.05, 0.1) is 0 Å². The van der Waals surface area contributed by atoms with Gasteiger partial charge in [-0.25, -0.2) is 0 Å². The molecule has 0 aromatic heterocycles. The minimum absolute atomic E-state index is 0.0627. The lowest BCUT2D eigenvalue weighted by Gasteiger charge is -2.04. The zero-order valence-electron chi connectivity index (χ0n) is 13.7. The van der Waals surface area contributed by atoms with E-state index in [-0.39, 0.29) is 10.9 Å². The normalized spacial score (nSPS) is 12.2. The summed E-state index contributed by atoms with van der Waals surface area (Å²) in [5.74, 6) is 0. The SMILES string of the molecule is O=c1c2ccccc2c2c1ccc1ccc3c(=O)c4ccccc4c3c12. The molecule has 0 bridgehead atoms. The second-order valence-corrected chi connectivity index (χ2v) is 6.82. The van der Waals surface area contributed by atoms with E-state index in [9.17, 15) is 9.59 Å². The van der Waals surface area contributed by atoms with Gasteiger partial charge in [-0.1, -0.05) is 60.7 Å². The Hall–Kier alpha value is -3.52. The first-order valence-corrected chi connectivity index (χ1v) is 8.63. The Morgan fingerprint density at radius 2 is 0.808 bits per heavy atom. The molecular weight excluding hydrogens is 320 g/mol. The van der Waals surface area contributed by atoms with Crippen LogP contribution in [-0.4, -0.2) is 0 Å². The molecule has 6 rings (SSSR count). The molecule has 0 saturated carbocycles. The summed E-state index contributed by atoms with van der Waals surface area (Å²) < 4.78 is 0. The van der Waals surface area contributed by atoms with E-state index in [0.29, 0.717) is 0 Å². The van der Waals surface area contributed by atoms with Crippen LogP contribution in [0.5, 0.6) is 0 Å². The van der Waals surface area contributed by atoms with E-state index in [4.69, 9.17) is 0 Å². The Labute approximate surface area is 147 Å². The van der Waals surface area contributed by atoms with E-state index in [1.807, 2.05) is 72.8 Å². The van der Waals surface area contributed by atoms with Crippen molar-refractivity contribution in [1.29, 1.82) is 0 Å². The highest BCUT2D eigenvalue weighted by Crippen LogP contribution is 2.38. The van der Waals surface area contributed by atoms with Crippen LogP contribution in [-0.2, 0) is 0 Å². The predicted octanol–water partition coefficient (Wildman–Crippen LogP) is 5.05. The Morgan fingerprint density at radius 1 is 0.385 bits per heavy atom. The van der Waals surface area contributed by atoms with Gasteiger partial charge in [0.1, 0.15) is 0 Å². The Bertz CT molecular complexity index is 1490. The summed E-state index contributed by atoms with van der Waals surface area (Å²) in [6, 6.07) is 23.3. The highest BCUT2D eigenvalue weighted by atomic mass is 16.1. The lowest BCUT2D eigenvalue weighted by atomic mass is 9.98. The van der Waals surface area contributed by atoms with Crippen LogP contribution in [0.3, 0.4) is 0 Å². The molecule has 0 heterocycles. The van der Waals surface area contributed by atoms with Gasteiger partial charge in [0.2, 0.25) is 0 Å². The van der Waals surface area contributed by atoms with E-state index < -0.39 is 0 Å². The fraction of sp³-hybridized carbons (Fsp3) is 0. The highest BCUT2D eigenvalue weighted by Gasteiger charge is 2.18. The van der Waals surface area contributed by atoms with Crippen molar-refractivity contribution in [1.82, 2.24) is 0 Å². The fourth-order valence-corrected chi connectivity index (χ4v) is 4.44. The number of hydrogen-bond donors (Lipinski definition) is 0. The molecule has 0 atom stereocenters. The van der Waals surface area contributed by atoms with Crippen LogP contribution in [0.4, 0.5) is 0 Å². The van der Waals surface area contributed by atoms with Gasteiger partial charge in [0, 0.05) is 32.3 Å². The first-order chi connectivity index (χ1) is 12.8. The molecule has 6 aromatic carbocycles. The maximum Gasteiger partial charge on any atom is 0.194 e. The quantitative estimate of drug-likeness (QED) is 0.390. The molecule has 0 radical (unpaired) electrons. The van der Waals surface area contributed by atoms with Crippen molar-refractivity contribution in [3.8, 4) is 0 Å². The molecule has 0 saturated heterocycles. The molecule has 0 amide bonds. The van der Waals surface area contributed by atoms with Gasteiger partial charge >= 0.3 is 0 Å². The molecule has 2 heteroatoms. The third-order valence-corrected chi connectivity index (χ3v) is 5.56. The second kappa shape index (κ2) is 4.55. The molecule has 0 fully saturated rings. The number of hydrogen-bond acceptors (Lipinski definition) is 2. The number of benzene rings is 4. The monoisotopic (exact) mass is 332 g/mol. The van der Waals surface area contributed by atoms with Crippen LogP contribution in [0.25, 0.3) is 53.9 Å². The molecule has 0 aliphatic carbocycles. The van der Waals surface area contributed by atoms with E-state index in [0.717, 1.165) is 53.9 Å². The van der Waals surface area contributed by atoms with Gasteiger partial charge in [-0.15, -0.1) is 0 Å². The molecule has 6 aromatic rings. The maximum absolute atomic E-state index is 12.9. The highest BCUT2D eigenvalue weighted by molar-refractivity contribution is 6.34. The molecule has 2 nitrogen and oxygen atoms in total. The zero-order valence-corrected chi connectivity index (χ0v) is 13.7. The van der Waals surface area contributed by atoms with Gasteiger partial charge in [-0.2, -0.15) is 0 Å². The van der Waals surface area contributed by atoms with E-state index in [1.54, 1.807) is 0 Å². The van der Waals surface area contributed by atoms with E-state index >= 15 is 0 Å². The van der Waals surface area contributed by atoms with Crippen molar-refractivity contribution in [3.05, 3.63) is 93.2 Å². The van der Waals surface area contributed by atoms with Crippen LogP contribution in [0.15, 0.2) is 82.4 Å². The van der Waals surface area contributed by atoms with Crippen LogP contribution >= 0.6 is 0 Å². The summed E-state index contributed by atoms with van der Waals surface area (Å²) in [6.45, 7) is 0. The third-order valence-electron chi connectivity index (χ3n) is 5.56. The fourth-order valence-electron chi connectivity index (χ4n) is 4.44. The van der Waals surface area contributed by atoms with Gasteiger partial charge in [-0.3, -0.25) is 9.59 Å². The van der Waals surface area contributed by atoms with Crippen molar-refractivity contribution in [2.75, 3.05) is 0 Å². The Morgan fingerprint density at radius 3 is 1.27 bits per heavy atom. The zero-order chi connectivity index (χ0) is 17.4. The number of rotatable bonds is 0. The summed E-state index contributed by atoms with van der Waals surface area (Å²) in [5, 5.41) is 8.84. The van der Waals surface area contributed by atoms with Crippen molar-refractivity contribution in [3.63, 3.8) is 0 Å². The van der Waals surface area contributed by atoms with Crippen LogP contribution < -0.4 is 10.9 Å². The summed E-state index contributed by atoms with van der Waals surface area (Å²) in [5.41, 5.74) is 0.125. The molecule has 0 spiro atoms. The maximum atomic E-state index is 12.9. The summed E-state index contributed by atoms with van der Waals surface area (Å²) in [7, 11) is 0. The topological polar surface area (TPSA) is 34.1 Å².